The van der Waals surface area contributed by atoms with Gasteiger partial charge in [-0.25, -0.2) is 8.78 Å². The number of nitrogens with one attached hydrogen (secondary N) is 1. The highest BCUT2D eigenvalue weighted by Crippen LogP contribution is 2.10. The van der Waals surface area contributed by atoms with Gasteiger partial charge in [-0.2, -0.15) is 0 Å². The molecule has 0 saturated carbocycles. The highest BCUT2D eigenvalue weighted by molar-refractivity contribution is 5.81. The molecule has 4 heteroatoms. The topological polar surface area (TPSA) is 29.1 Å². The third kappa shape index (κ3) is 3.09. The maximum Gasteiger partial charge on any atom is 0.159 e. The largest absolute Gasteiger partial charge is 0.310 e. The Morgan fingerprint density at radius 3 is 2.53 bits per heavy atom. The molecule has 1 unspecified atom stereocenters. The quantitative estimate of drug-likeness (QED) is 0.824. The van der Waals surface area contributed by atoms with Crippen LogP contribution in [0.5, 0.6) is 0 Å². The molecule has 1 rings (SSSR count). The fourth-order valence-corrected chi connectivity index (χ4v) is 1.35. The summed E-state index contributed by atoms with van der Waals surface area (Å²) < 4.78 is 25.5. The Hall–Kier alpha value is -1.29. The van der Waals surface area contributed by atoms with E-state index in [2.05, 4.69) is 5.32 Å². The summed E-state index contributed by atoms with van der Waals surface area (Å²) in [5, 5.41) is 2.82. The van der Waals surface area contributed by atoms with Gasteiger partial charge in [-0.05, 0) is 38.1 Å². The van der Waals surface area contributed by atoms with Gasteiger partial charge in [0.2, 0.25) is 0 Å². The average Bonchev–Trinajstić information content (AvgIpc) is 2.19. The Balaban J connectivity index is 2.80. The predicted molar refractivity (Wildman–Crippen MR) is 53.6 cm³/mol. The number of hydrogen-bond acceptors (Lipinski definition) is 2. The molecule has 0 radical (unpaired) electrons. The number of benzene rings is 1. The van der Waals surface area contributed by atoms with Crippen molar-refractivity contribution >= 4 is 5.78 Å². The standard InChI is InChI=1S/C11H13F2NO/c1-7(15)11(14-2)6-8-3-4-9(12)10(13)5-8/h3-5,11,14H,6H2,1-2H3. The van der Waals surface area contributed by atoms with Crippen molar-refractivity contribution in [2.75, 3.05) is 7.05 Å². The van der Waals surface area contributed by atoms with E-state index in [1.54, 1.807) is 7.05 Å². The summed E-state index contributed by atoms with van der Waals surface area (Å²) in [6.45, 7) is 1.46. The molecule has 15 heavy (non-hydrogen) atoms. The third-order valence-electron chi connectivity index (χ3n) is 2.26. The smallest absolute Gasteiger partial charge is 0.159 e. The fraction of sp³-hybridized carbons (Fsp3) is 0.364. The van der Waals surface area contributed by atoms with E-state index in [0.717, 1.165) is 12.1 Å². The maximum atomic E-state index is 12.9. The number of ketones is 1. The number of halogens is 2. The summed E-state index contributed by atoms with van der Waals surface area (Å²) in [6.07, 6.45) is 0.364. The molecule has 0 heterocycles. The van der Waals surface area contributed by atoms with Crippen LogP contribution in [-0.2, 0) is 11.2 Å². The molecule has 0 saturated heterocycles. The van der Waals surface area contributed by atoms with E-state index in [-0.39, 0.29) is 11.8 Å². The van der Waals surface area contributed by atoms with E-state index in [9.17, 15) is 13.6 Å². The second-order valence-electron chi connectivity index (χ2n) is 3.40. The van der Waals surface area contributed by atoms with Crippen molar-refractivity contribution in [1.29, 1.82) is 0 Å². The average molecular weight is 213 g/mol. The zero-order valence-electron chi connectivity index (χ0n) is 8.68. The van der Waals surface area contributed by atoms with E-state index in [1.165, 1.54) is 13.0 Å². The van der Waals surface area contributed by atoms with E-state index in [1.807, 2.05) is 0 Å². The lowest BCUT2D eigenvalue weighted by atomic mass is 10.0. The molecule has 1 atom stereocenters. The minimum atomic E-state index is -0.883. The maximum absolute atomic E-state index is 12.9. The molecule has 0 aliphatic carbocycles. The molecule has 1 aromatic carbocycles. The summed E-state index contributed by atoms with van der Waals surface area (Å²) in [4.78, 5) is 11.1. The predicted octanol–water partition coefficient (Wildman–Crippen LogP) is 1.68. The van der Waals surface area contributed by atoms with Crippen molar-refractivity contribution in [3.05, 3.63) is 35.4 Å². The van der Waals surface area contributed by atoms with Gasteiger partial charge in [0.1, 0.15) is 5.78 Å². The number of hydrogen-bond donors (Lipinski definition) is 1. The van der Waals surface area contributed by atoms with E-state index < -0.39 is 11.6 Å². The van der Waals surface area contributed by atoms with Crippen molar-refractivity contribution in [3.8, 4) is 0 Å². The Morgan fingerprint density at radius 2 is 2.07 bits per heavy atom. The van der Waals surface area contributed by atoms with Gasteiger partial charge in [0, 0.05) is 0 Å². The monoisotopic (exact) mass is 213 g/mol. The lowest BCUT2D eigenvalue weighted by Gasteiger charge is -2.12. The minimum absolute atomic E-state index is 0.0257. The van der Waals surface area contributed by atoms with Gasteiger partial charge in [0.25, 0.3) is 0 Å². The normalized spacial score (nSPS) is 12.5. The molecular formula is C11H13F2NO. The van der Waals surface area contributed by atoms with Gasteiger partial charge in [0.15, 0.2) is 11.6 Å². The lowest BCUT2D eigenvalue weighted by Crippen LogP contribution is -2.34. The number of carbonyl (C=O) groups is 1. The van der Waals surface area contributed by atoms with Crippen LogP contribution in [0.15, 0.2) is 18.2 Å². The van der Waals surface area contributed by atoms with Gasteiger partial charge < -0.3 is 5.32 Å². The summed E-state index contributed by atoms with van der Waals surface area (Å²) in [5.41, 5.74) is 0.600. The van der Waals surface area contributed by atoms with Crippen LogP contribution in [0.4, 0.5) is 8.78 Å². The summed E-state index contributed by atoms with van der Waals surface area (Å²) in [5.74, 6) is -1.78. The first-order valence-corrected chi connectivity index (χ1v) is 4.66. The second kappa shape index (κ2) is 4.98. The van der Waals surface area contributed by atoms with Crippen LogP contribution >= 0.6 is 0 Å². The zero-order valence-corrected chi connectivity index (χ0v) is 8.68. The van der Waals surface area contributed by atoms with Crippen LogP contribution in [0.3, 0.4) is 0 Å². The van der Waals surface area contributed by atoms with Crippen molar-refractivity contribution in [2.24, 2.45) is 0 Å². The van der Waals surface area contributed by atoms with Gasteiger partial charge in [-0.3, -0.25) is 4.79 Å². The molecule has 0 spiro atoms. The first kappa shape index (κ1) is 11.8. The summed E-state index contributed by atoms with van der Waals surface area (Å²) in [7, 11) is 1.66. The van der Waals surface area contributed by atoms with Gasteiger partial charge in [0.05, 0.1) is 6.04 Å². The number of Topliss-reactive ketones (excluding diaryl/α,β-unsaturated/α-hetero) is 1. The van der Waals surface area contributed by atoms with Crippen LogP contribution < -0.4 is 5.32 Å². The molecule has 82 valence electrons. The van der Waals surface area contributed by atoms with Crippen molar-refractivity contribution in [1.82, 2.24) is 5.32 Å². The highest BCUT2D eigenvalue weighted by Gasteiger charge is 2.13. The zero-order chi connectivity index (χ0) is 11.4. The van der Waals surface area contributed by atoms with Crippen LogP contribution in [-0.4, -0.2) is 18.9 Å². The Labute approximate surface area is 87.3 Å². The number of rotatable bonds is 4. The van der Waals surface area contributed by atoms with E-state index >= 15 is 0 Å². The lowest BCUT2D eigenvalue weighted by molar-refractivity contribution is -0.118. The van der Waals surface area contributed by atoms with Crippen LogP contribution in [0.2, 0.25) is 0 Å². The van der Waals surface area contributed by atoms with Crippen LogP contribution in [0.1, 0.15) is 12.5 Å². The summed E-state index contributed by atoms with van der Waals surface area (Å²) in [6, 6.07) is 3.31. The Morgan fingerprint density at radius 1 is 1.40 bits per heavy atom. The Kier molecular flexibility index (Phi) is 3.91. The van der Waals surface area contributed by atoms with Gasteiger partial charge >= 0.3 is 0 Å². The van der Waals surface area contributed by atoms with Crippen LogP contribution in [0.25, 0.3) is 0 Å². The minimum Gasteiger partial charge on any atom is -0.310 e. The first-order valence-electron chi connectivity index (χ1n) is 4.66. The highest BCUT2D eigenvalue weighted by atomic mass is 19.2. The van der Waals surface area contributed by atoms with Gasteiger partial charge in [-0.1, -0.05) is 6.07 Å². The van der Waals surface area contributed by atoms with Crippen LogP contribution in [0, 0.1) is 11.6 Å². The van der Waals surface area contributed by atoms with E-state index in [0.29, 0.717) is 12.0 Å². The van der Waals surface area contributed by atoms with Crippen molar-refractivity contribution in [2.45, 2.75) is 19.4 Å². The summed E-state index contributed by atoms with van der Waals surface area (Å²) >= 11 is 0. The molecule has 0 fully saturated rings. The van der Waals surface area contributed by atoms with Crippen molar-refractivity contribution in [3.63, 3.8) is 0 Å². The molecule has 0 aliphatic rings. The first-order chi connectivity index (χ1) is 7.04. The molecule has 0 bridgehead atoms. The third-order valence-corrected chi connectivity index (χ3v) is 2.26. The van der Waals surface area contributed by atoms with Crippen molar-refractivity contribution < 1.29 is 13.6 Å². The molecule has 0 aliphatic heterocycles. The van der Waals surface area contributed by atoms with Gasteiger partial charge in [-0.15, -0.1) is 0 Å². The molecular weight excluding hydrogens is 200 g/mol. The second-order valence-corrected chi connectivity index (χ2v) is 3.40. The number of carbonyl (C=O) groups excluding carboxylic acids is 1. The number of likely N-dealkylation sites (N-methyl/N-ethyl adjacent to an activating group) is 1. The SMILES string of the molecule is CNC(Cc1ccc(F)c(F)c1)C(C)=O. The fourth-order valence-electron chi connectivity index (χ4n) is 1.35. The molecule has 2 nitrogen and oxygen atoms in total. The Bertz CT molecular complexity index is 366. The molecule has 0 amide bonds. The van der Waals surface area contributed by atoms with E-state index in [4.69, 9.17) is 0 Å². The molecule has 1 aromatic rings. The molecule has 1 N–H and O–H groups in total. The molecule has 0 aromatic heterocycles.